The molecule has 6 nitrogen and oxygen atoms in total. The Hall–Kier alpha value is -3.11. The van der Waals surface area contributed by atoms with Gasteiger partial charge in [-0.15, -0.1) is 0 Å². The molecule has 2 atom stereocenters. The Labute approximate surface area is 196 Å². The third-order valence-electron chi connectivity index (χ3n) is 5.25. The van der Waals surface area contributed by atoms with Crippen LogP contribution in [0.1, 0.15) is 27.8 Å². The van der Waals surface area contributed by atoms with E-state index >= 15 is 0 Å². The van der Waals surface area contributed by atoms with Gasteiger partial charge in [-0.2, -0.15) is 13.2 Å². The number of nitrogens with one attached hydrogen (secondary N) is 4. The maximum atomic E-state index is 12.9. The molecule has 9 heteroatoms. The molecule has 0 spiro atoms. The van der Waals surface area contributed by atoms with E-state index in [9.17, 15) is 23.4 Å². The average Bonchev–Trinajstić information content (AvgIpc) is 2.79. The van der Waals surface area contributed by atoms with Gasteiger partial charge in [-0.05, 0) is 48.7 Å². The molecular weight excluding hydrogens is 445 g/mol. The monoisotopic (exact) mass is 474 g/mol. The summed E-state index contributed by atoms with van der Waals surface area (Å²) in [5.41, 5.74) is 3.83. The van der Waals surface area contributed by atoms with Gasteiger partial charge in [0, 0.05) is 24.5 Å². The zero-order chi connectivity index (χ0) is 24.7. The van der Waals surface area contributed by atoms with Crippen LogP contribution in [0.2, 0.25) is 0 Å². The number of hydrogen-bond donors (Lipinski definition) is 6. The Morgan fingerprint density at radius 2 is 1.24 bits per heavy atom. The molecule has 0 aliphatic rings. The third-order valence-corrected chi connectivity index (χ3v) is 5.25. The molecule has 2 unspecified atom stereocenters. The number of alkyl halides is 3. The Kier molecular flexibility index (Phi) is 8.51. The van der Waals surface area contributed by atoms with Gasteiger partial charge in [-0.1, -0.05) is 54.1 Å². The van der Waals surface area contributed by atoms with Crippen molar-refractivity contribution in [3.8, 4) is 0 Å². The van der Waals surface area contributed by atoms with Crippen molar-refractivity contribution in [2.45, 2.75) is 45.8 Å². The number of aliphatic hydroxyl groups is 2. The van der Waals surface area contributed by atoms with Crippen LogP contribution in [0.5, 0.6) is 0 Å². The predicted molar refractivity (Wildman–Crippen MR) is 127 cm³/mol. The molecule has 0 saturated heterocycles. The molecule has 3 rings (SSSR count). The lowest BCUT2D eigenvalue weighted by Gasteiger charge is -2.21. The zero-order valence-corrected chi connectivity index (χ0v) is 18.9. The summed E-state index contributed by atoms with van der Waals surface area (Å²) in [5.74, 6) is 0. The first-order valence-electron chi connectivity index (χ1n) is 10.8. The van der Waals surface area contributed by atoms with E-state index in [0.717, 1.165) is 28.8 Å². The molecule has 34 heavy (non-hydrogen) atoms. The van der Waals surface area contributed by atoms with E-state index in [1.807, 2.05) is 38.1 Å². The molecule has 0 saturated carbocycles. The van der Waals surface area contributed by atoms with Crippen LogP contribution in [0.3, 0.4) is 0 Å². The van der Waals surface area contributed by atoms with Gasteiger partial charge in [0.2, 0.25) is 0 Å². The van der Waals surface area contributed by atoms with Crippen molar-refractivity contribution in [2.24, 2.45) is 0 Å². The summed E-state index contributed by atoms with van der Waals surface area (Å²) in [6, 6.07) is 18.2. The highest BCUT2D eigenvalue weighted by molar-refractivity contribution is 5.65. The number of halogens is 3. The summed E-state index contributed by atoms with van der Waals surface area (Å²) in [6.45, 7) is 4.34. The van der Waals surface area contributed by atoms with Gasteiger partial charge in [0.25, 0.3) is 0 Å². The minimum Gasteiger partial charge on any atom is -0.361 e. The van der Waals surface area contributed by atoms with Gasteiger partial charge in [0.05, 0.1) is 5.56 Å². The van der Waals surface area contributed by atoms with Crippen LogP contribution < -0.4 is 21.3 Å². The Bertz CT molecular complexity index is 1090. The quantitative estimate of drug-likeness (QED) is 0.246. The summed E-state index contributed by atoms with van der Waals surface area (Å²) < 4.78 is 38.6. The maximum absolute atomic E-state index is 12.9. The fraction of sp³-hybridized carbons (Fsp3) is 0.280. The minimum absolute atomic E-state index is 0.0384. The van der Waals surface area contributed by atoms with E-state index in [1.165, 1.54) is 6.07 Å². The van der Waals surface area contributed by atoms with Crippen molar-refractivity contribution in [1.82, 2.24) is 10.6 Å². The van der Waals surface area contributed by atoms with Crippen molar-refractivity contribution in [3.05, 3.63) is 94.5 Å². The topological polar surface area (TPSA) is 88.6 Å². The fourth-order valence-electron chi connectivity index (χ4n) is 3.45. The number of hydrogen-bond acceptors (Lipinski definition) is 6. The van der Waals surface area contributed by atoms with Crippen molar-refractivity contribution in [3.63, 3.8) is 0 Å². The van der Waals surface area contributed by atoms with Gasteiger partial charge < -0.3 is 20.8 Å². The first-order chi connectivity index (χ1) is 16.1. The second kappa shape index (κ2) is 11.3. The first-order valence-corrected chi connectivity index (χ1v) is 10.8. The Balaban J connectivity index is 1.54. The number of anilines is 2. The van der Waals surface area contributed by atoms with E-state index in [1.54, 1.807) is 24.3 Å². The lowest BCUT2D eigenvalue weighted by Crippen LogP contribution is -2.36. The SMILES string of the molecule is Cc1cccc(CNC(O)Nc2cccc(NC(O)NCc3cccc(C(F)(F)F)c3)c2C)c1. The van der Waals surface area contributed by atoms with Crippen molar-refractivity contribution in [1.29, 1.82) is 0 Å². The number of aryl methyl sites for hydroxylation is 1. The van der Waals surface area contributed by atoms with Crippen LogP contribution in [0.15, 0.2) is 66.7 Å². The average molecular weight is 475 g/mol. The molecule has 0 fully saturated rings. The molecule has 6 N–H and O–H groups in total. The molecule has 3 aromatic rings. The van der Waals surface area contributed by atoms with Crippen LogP contribution in [0, 0.1) is 13.8 Å². The lowest BCUT2D eigenvalue weighted by atomic mass is 10.1. The third kappa shape index (κ3) is 7.46. The van der Waals surface area contributed by atoms with Crippen LogP contribution in [-0.2, 0) is 19.3 Å². The summed E-state index contributed by atoms with van der Waals surface area (Å²) >= 11 is 0. The molecule has 0 amide bonds. The molecule has 0 radical (unpaired) electrons. The number of rotatable bonds is 10. The largest absolute Gasteiger partial charge is 0.416 e. The zero-order valence-electron chi connectivity index (χ0n) is 18.9. The molecule has 3 aromatic carbocycles. The standard InChI is InChI=1S/C25H29F3N4O2/c1-16-6-3-7-18(12-16)14-29-23(33)31-21-10-5-11-22(17(21)2)32-24(34)30-15-19-8-4-9-20(13-19)25(26,27)28/h3-13,23-24,29-34H,14-15H2,1-2H3. The van der Waals surface area contributed by atoms with Gasteiger partial charge in [-0.25, -0.2) is 0 Å². The second-order valence-corrected chi connectivity index (χ2v) is 8.02. The molecular formula is C25H29F3N4O2. The van der Waals surface area contributed by atoms with Gasteiger partial charge >= 0.3 is 6.18 Å². The van der Waals surface area contributed by atoms with E-state index < -0.39 is 24.4 Å². The fourth-order valence-corrected chi connectivity index (χ4v) is 3.45. The predicted octanol–water partition coefficient (Wildman–Crippen LogP) is 4.28. The molecule has 0 bridgehead atoms. The van der Waals surface area contributed by atoms with Gasteiger partial charge in [-0.3, -0.25) is 10.6 Å². The summed E-state index contributed by atoms with van der Waals surface area (Å²) in [5, 5.41) is 32.2. The van der Waals surface area contributed by atoms with Crippen molar-refractivity contribution >= 4 is 11.4 Å². The summed E-state index contributed by atoms with van der Waals surface area (Å²) in [7, 11) is 0. The number of benzene rings is 3. The van der Waals surface area contributed by atoms with Gasteiger partial charge in [0.15, 0.2) is 12.7 Å². The van der Waals surface area contributed by atoms with E-state index in [-0.39, 0.29) is 6.54 Å². The van der Waals surface area contributed by atoms with Crippen LogP contribution in [0.4, 0.5) is 24.5 Å². The smallest absolute Gasteiger partial charge is 0.361 e. The summed E-state index contributed by atoms with van der Waals surface area (Å²) in [6.07, 6.45) is -6.62. The lowest BCUT2D eigenvalue weighted by molar-refractivity contribution is -0.137. The van der Waals surface area contributed by atoms with Crippen LogP contribution in [0.25, 0.3) is 0 Å². The molecule has 0 aliphatic heterocycles. The molecule has 0 aromatic heterocycles. The number of aliphatic hydroxyl groups excluding tert-OH is 2. The maximum Gasteiger partial charge on any atom is 0.416 e. The van der Waals surface area contributed by atoms with Crippen molar-refractivity contribution < 1.29 is 23.4 Å². The van der Waals surface area contributed by atoms with Crippen molar-refractivity contribution in [2.75, 3.05) is 10.6 Å². The first kappa shape index (κ1) is 25.5. The second-order valence-electron chi connectivity index (χ2n) is 8.02. The van der Waals surface area contributed by atoms with Crippen LogP contribution >= 0.6 is 0 Å². The van der Waals surface area contributed by atoms with E-state index in [2.05, 4.69) is 21.3 Å². The van der Waals surface area contributed by atoms with Crippen LogP contribution in [-0.4, -0.2) is 22.9 Å². The van der Waals surface area contributed by atoms with E-state index in [4.69, 9.17) is 0 Å². The summed E-state index contributed by atoms with van der Waals surface area (Å²) in [4.78, 5) is 0. The normalized spacial score (nSPS) is 13.4. The highest BCUT2D eigenvalue weighted by Gasteiger charge is 2.30. The minimum atomic E-state index is -4.42. The Morgan fingerprint density at radius 1 is 0.735 bits per heavy atom. The highest BCUT2D eigenvalue weighted by Crippen LogP contribution is 2.29. The molecule has 0 aliphatic carbocycles. The Morgan fingerprint density at radius 3 is 1.76 bits per heavy atom. The van der Waals surface area contributed by atoms with Gasteiger partial charge in [0.1, 0.15) is 0 Å². The molecule has 182 valence electrons. The highest BCUT2D eigenvalue weighted by atomic mass is 19.4. The van der Waals surface area contributed by atoms with E-state index in [0.29, 0.717) is 23.5 Å². The molecule has 0 heterocycles.